The van der Waals surface area contributed by atoms with Crippen LogP contribution in [0, 0.1) is 0 Å². The van der Waals surface area contributed by atoms with Gasteiger partial charge in [-0.15, -0.1) is 0 Å². The lowest BCUT2D eigenvalue weighted by Crippen LogP contribution is -2.39. The molecule has 0 spiro atoms. The number of halogens is 3. The van der Waals surface area contributed by atoms with Crippen LogP contribution in [0.3, 0.4) is 0 Å². The Balaban J connectivity index is 0.000000318. The number of fused-ring (bicyclic) bond motifs is 1. The van der Waals surface area contributed by atoms with E-state index < -0.39 is 12.1 Å². The van der Waals surface area contributed by atoms with Crippen LogP contribution in [0.15, 0.2) is 47.3 Å². The molecule has 2 fully saturated rings. The monoisotopic (exact) mass is 425 g/mol. The Labute approximate surface area is 168 Å². The fraction of sp³-hybridized carbons (Fsp3) is 0.368. The van der Waals surface area contributed by atoms with Crippen LogP contribution < -0.4 is 0 Å². The van der Waals surface area contributed by atoms with Crippen molar-refractivity contribution in [3.8, 4) is 0 Å². The predicted molar refractivity (Wildman–Crippen MR) is 95.0 cm³/mol. The molecule has 0 bridgehead atoms. The number of pyridine rings is 1. The second-order valence-corrected chi connectivity index (χ2v) is 6.78. The number of carbonyl (C=O) groups is 3. The zero-order valence-corrected chi connectivity index (χ0v) is 15.6. The fourth-order valence-corrected chi connectivity index (χ4v) is 3.61. The zero-order chi connectivity index (χ0) is 21.9. The topological polar surface area (TPSA) is 104 Å². The smallest absolute Gasteiger partial charge is 0.475 e. The van der Waals surface area contributed by atoms with E-state index in [1.807, 2.05) is 17.0 Å². The van der Waals surface area contributed by atoms with E-state index in [4.69, 9.17) is 14.3 Å². The van der Waals surface area contributed by atoms with Crippen LogP contribution in [-0.4, -0.2) is 62.5 Å². The van der Waals surface area contributed by atoms with Gasteiger partial charge in [0.15, 0.2) is 5.76 Å². The largest absolute Gasteiger partial charge is 0.490 e. The summed E-state index contributed by atoms with van der Waals surface area (Å²) in [6.07, 6.45) is 1.08. The molecular weight excluding hydrogens is 407 g/mol. The third kappa shape index (κ3) is 4.61. The van der Waals surface area contributed by atoms with Gasteiger partial charge in [0.05, 0.1) is 18.3 Å². The van der Waals surface area contributed by atoms with Crippen LogP contribution >= 0.6 is 0 Å². The van der Waals surface area contributed by atoms with Crippen LogP contribution in [0.25, 0.3) is 0 Å². The molecule has 0 saturated carbocycles. The number of alkyl halides is 3. The highest BCUT2D eigenvalue weighted by molar-refractivity contribution is 5.93. The lowest BCUT2D eigenvalue weighted by molar-refractivity contribution is -0.192. The molecular formula is C19H18F3N3O5. The summed E-state index contributed by atoms with van der Waals surface area (Å²) in [7, 11) is 0. The first kappa shape index (κ1) is 21.3. The molecule has 4 heterocycles. The molecule has 4 rings (SSSR count). The molecule has 0 unspecified atom stereocenters. The van der Waals surface area contributed by atoms with Crippen molar-refractivity contribution in [2.75, 3.05) is 6.54 Å². The summed E-state index contributed by atoms with van der Waals surface area (Å²) in [4.78, 5) is 41.5. The Kier molecular flexibility index (Phi) is 6.09. The number of carboxylic acid groups (broad SMARTS) is 1. The molecule has 8 nitrogen and oxygen atoms in total. The van der Waals surface area contributed by atoms with Crippen molar-refractivity contribution in [2.45, 2.75) is 37.6 Å². The zero-order valence-electron chi connectivity index (χ0n) is 15.6. The van der Waals surface area contributed by atoms with Crippen molar-refractivity contribution in [1.82, 2.24) is 14.8 Å². The van der Waals surface area contributed by atoms with Crippen molar-refractivity contribution in [3.63, 3.8) is 0 Å². The highest BCUT2D eigenvalue weighted by Crippen LogP contribution is 2.34. The van der Waals surface area contributed by atoms with Crippen molar-refractivity contribution < 1.29 is 37.1 Å². The maximum absolute atomic E-state index is 12.5. The minimum Gasteiger partial charge on any atom is -0.475 e. The summed E-state index contributed by atoms with van der Waals surface area (Å²) in [5.74, 6) is -2.44. The Morgan fingerprint density at radius 3 is 2.43 bits per heavy atom. The van der Waals surface area contributed by atoms with E-state index in [0.29, 0.717) is 25.3 Å². The van der Waals surface area contributed by atoms with E-state index in [1.54, 1.807) is 29.4 Å². The van der Waals surface area contributed by atoms with Crippen LogP contribution in [-0.2, 0) is 16.1 Å². The van der Waals surface area contributed by atoms with E-state index in [0.717, 1.165) is 12.0 Å². The molecule has 2 atom stereocenters. The summed E-state index contributed by atoms with van der Waals surface area (Å²) in [5.41, 5.74) is 1.06. The molecule has 2 aliphatic heterocycles. The van der Waals surface area contributed by atoms with Crippen LogP contribution in [0.1, 0.15) is 29.0 Å². The van der Waals surface area contributed by atoms with E-state index in [2.05, 4.69) is 4.98 Å². The highest BCUT2D eigenvalue weighted by Gasteiger charge is 2.48. The summed E-state index contributed by atoms with van der Waals surface area (Å²) in [6, 6.07) is 7.25. The van der Waals surface area contributed by atoms with E-state index in [-0.39, 0.29) is 23.9 Å². The van der Waals surface area contributed by atoms with Gasteiger partial charge in [0, 0.05) is 31.9 Å². The van der Waals surface area contributed by atoms with Crippen LogP contribution in [0.2, 0.25) is 0 Å². The van der Waals surface area contributed by atoms with Gasteiger partial charge < -0.3 is 19.3 Å². The second kappa shape index (κ2) is 8.56. The maximum atomic E-state index is 12.5. The molecule has 160 valence electrons. The molecule has 0 aliphatic carbocycles. The first-order valence-corrected chi connectivity index (χ1v) is 9.01. The number of rotatable bonds is 3. The maximum Gasteiger partial charge on any atom is 0.490 e. The van der Waals surface area contributed by atoms with Gasteiger partial charge in [-0.25, -0.2) is 4.79 Å². The van der Waals surface area contributed by atoms with Crippen LogP contribution in [0.4, 0.5) is 13.2 Å². The number of hydrogen-bond acceptors (Lipinski definition) is 5. The Hall–Kier alpha value is -3.37. The van der Waals surface area contributed by atoms with Gasteiger partial charge in [-0.05, 0) is 36.2 Å². The summed E-state index contributed by atoms with van der Waals surface area (Å²) < 4.78 is 36.9. The van der Waals surface area contributed by atoms with Gasteiger partial charge in [0.1, 0.15) is 0 Å². The molecule has 0 aromatic carbocycles. The van der Waals surface area contributed by atoms with E-state index in [9.17, 15) is 22.8 Å². The third-order valence-corrected chi connectivity index (χ3v) is 4.95. The molecule has 2 amide bonds. The Bertz CT molecular complexity index is 902. The first-order valence-electron chi connectivity index (χ1n) is 9.01. The van der Waals surface area contributed by atoms with Crippen LogP contribution in [0.5, 0.6) is 0 Å². The van der Waals surface area contributed by atoms with Crippen molar-refractivity contribution in [2.24, 2.45) is 0 Å². The van der Waals surface area contributed by atoms with Crippen molar-refractivity contribution >= 4 is 17.8 Å². The number of likely N-dealkylation sites (tertiary alicyclic amines) is 2. The third-order valence-electron chi connectivity index (χ3n) is 4.95. The van der Waals surface area contributed by atoms with E-state index >= 15 is 0 Å². The molecule has 2 aromatic heterocycles. The van der Waals surface area contributed by atoms with Crippen molar-refractivity contribution in [1.29, 1.82) is 0 Å². The van der Waals surface area contributed by atoms with Gasteiger partial charge in [-0.3, -0.25) is 14.6 Å². The molecule has 1 N–H and O–H groups in total. The second-order valence-electron chi connectivity index (χ2n) is 6.78. The van der Waals surface area contributed by atoms with Gasteiger partial charge in [-0.2, -0.15) is 13.2 Å². The number of hydrogen-bond donors (Lipinski definition) is 1. The van der Waals surface area contributed by atoms with Crippen molar-refractivity contribution in [3.05, 3.63) is 54.2 Å². The number of furan rings is 1. The number of amides is 2. The molecule has 2 aliphatic rings. The minimum absolute atomic E-state index is 0.0538. The lowest BCUT2D eigenvalue weighted by atomic mass is 10.1. The number of carbonyl (C=O) groups excluding carboxylic acids is 2. The average Bonchev–Trinajstić information content (AvgIpc) is 3.41. The average molecular weight is 425 g/mol. The molecule has 2 saturated heterocycles. The standard InChI is InChI=1S/C17H17N3O3.C2HF3O2/c21-16-10-14-13(20(16)11-12-3-6-18-7-4-12)5-8-19(14)17(22)15-2-1-9-23-15;3-2(4,5)1(6)7/h1-4,6-7,9,13-14H,5,8,10-11H2;(H,6,7)/t13-,14+;/m0./s1. The first-order chi connectivity index (χ1) is 14.2. The van der Waals surface area contributed by atoms with Gasteiger partial charge in [-0.1, -0.05) is 0 Å². The summed E-state index contributed by atoms with van der Waals surface area (Å²) in [5, 5.41) is 7.12. The lowest BCUT2D eigenvalue weighted by Gasteiger charge is -2.25. The molecule has 0 radical (unpaired) electrons. The van der Waals surface area contributed by atoms with Gasteiger partial charge in [0.2, 0.25) is 5.91 Å². The van der Waals surface area contributed by atoms with E-state index in [1.165, 1.54) is 6.26 Å². The predicted octanol–water partition coefficient (Wildman–Crippen LogP) is 2.32. The van der Waals surface area contributed by atoms with Gasteiger partial charge >= 0.3 is 12.1 Å². The molecule has 2 aromatic rings. The van der Waals surface area contributed by atoms with Gasteiger partial charge in [0.25, 0.3) is 5.91 Å². The Morgan fingerprint density at radius 1 is 1.20 bits per heavy atom. The molecule has 30 heavy (non-hydrogen) atoms. The fourth-order valence-electron chi connectivity index (χ4n) is 3.61. The normalized spacial score (nSPS) is 20.6. The molecule has 11 heteroatoms. The summed E-state index contributed by atoms with van der Waals surface area (Å²) in [6.45, 7) is 1.24. The number of aromatic nitrogens is 1. The summed E-state index contributed by atoms with van der Waals surface area (Å²) >= 11 is 0. The highest BCUT2D eigenvalue weighted by atomic mass is 19.4. The minimum atomic E-state index is -5.08. The SMILES string of the molecule is O=C(O)C(F)(F)F.O=C(c1ccco1)N1CC[C@H]2[C@H]1CC(=O)N2Cc1ccncc1. The number of carboxylic acids is 1. The quantitative estimate of drug-likeness (QED) is 0.810. The number of aliphatic carboxylic acids is 1. The Morgan fingerprint density at radius 2 is 1.87 bits per heavy atom. The number of nitrogens with zero attached hydrogens (tertiary/aromatic N) is 3.